The largest absolute Gasteiger partial charge is 0.481 e. The van der Waals surface area contributed by atoms with Crippen LogP contribution in [0.1, 0.15) is 115 Å². The van der Waals surface area contributed by atoms with Crippen LogP contribution in [0.3, 0.4) is 0 Å². The number of carboxylic acids is 2. The first-order chi connectivity index (χ1) is 34.9. The molecular formula is C53H56N12O7. The number of rotatable bonds is 12. The van der Waals surface area contributed by atoms with Crippen LogP contribution in [-0.4, -0.2) is 109 Å². The molecule has 10 rings (SSSR count). The van der Waals surface area contributed by atoms with E-state index in [1.54, 1.807) is 29.4 Å². The molecule has 6 heterocycles. The summed E-state index contributed by atoms with van der Waals surface area (Å²) in [7, 11) is 1.44. The van der Waals surface area contributed by atoms with E-state index in [1.165, 1.54) is 36.2 Å². The van der Waals surface area contributed by atoms with Crippen LogP contribution < -0.4 is 5.32 Å². The lowest BCUT2D eigenvalue weighted by atomic mass is 9.83. The van der Waals surface area contributed by atoms with Gasteiger partial charge in [-0.3, -0.25) is 14.4 Å². The van der Waals surface area contributed by atoms with E-state index >= 15 is 0 Å². The third kappa shape index (κ3) is 11.0. The maximum atomic E-state index is 12.9. The second-order valence-corrected chi connectivity index (χ2v) is 17.5. The number of aromatic nitrogens is 10. The molecule has 8 aromatic rings. The molecule has 0 aliphatic carbocycles. The van der Waals surface area contributed by atoms with Gasteiger partial charge in [-0.25, -0.2) is 34.1 Å². The number of aliphatic carboxylic acids is 1. The molecule has 19 nitrogen and oxygen atoms in total. The summed E-state index contributed by atoms with van der Waals surface area (Å²) in [6.45, 7) is 12.5. The van der Waals surface area contributed by atoms with Gasteiger partial charge in [0.1, 0.15) is 11.0 Å². The predicted molar refractivity (Wildman–Crippen MR) is 266 cm³/mol. The van der Waals surface area contributed by atoms with Gasteiger partial charge in [-0.15, -0.1) is 10.2 Å². The zero-order valence-electron chi connectivity index (χ0n) is 40.8. The molecule has 4 aromatic heterocycles. The average molecular weight is 973 g/mol. The molecule has 1 amide bonds. The summed E-state index contributed by atoms with van der Waals surface area (Å²) in [5.41, 5.74) is 14.6. The molecule has 0 spiro atoms. The van der Waals surface area contributed by atoms with E-state index in [-0.39, 0.29) is 41.8 Å². The quantitative estimate of drug-likeness (QED) is 0.109. The molecule has 2 atom stereocenters. The Labute approximate surface area is 415 Å². The molecule has 0 fully saturated rings. The van der Waals surface area contributed by atoms with E-state index < -0.39 is 11.9 Å². The standard InChI is InChI=1S/C26H26N6O3.C22H26N4O2.C5H4N2O2/c1-3-32-22-8-7-20(16(2)24(22)29-30-32)21(14-23(33)34)18-6-5-17-9-12-31(15-19(17)13-18)26(35)25-27-10-4-11-28-25;1-4-26-20-8-7-18(14(2)22(20)24-25-26)19(12-21(27)28-3)16-6-5-15-9-10-23-13-17(15)11-16;8-5(9)4-6-2-1-3-7-4/h4-8,10-11,13,21H,3,9,12,14-15H2,1-2H3,(H,33,34);5-8,11,19,23H,4,9-10,12-13H2,1-3H3;1-3H,(H,8,9). The van der Waals surface area contributed by atoms with Gasteiger partial charge in [-0.1, -0.05) is 59.0 Å². The lowest BCUT2D eigenvalue weighted by Gasteiger charge is -2.29. The molecule has 370 valence electrons. The minimum absolute atomic E-state index is 0.0481. The van der Waals surface area contributed by atoms with Crippen LogP contribution >= 0.6 is 0 Å². The number of ether oxygens (including phenoxy) is 1. The molecule has 0 bridgehead atoms. The SMILES string of the molecule is CCn1nnc2c(C)c(C(CC(=O)O)c3ccc4c(c3)CN(C(=O)c3ncccn3)CC4)ccc21.CCn1nnc2c(C)c(C(CC(=O)OC)c3ccc4c(c3)CNCC4)ccc21.O=C(O)c1ncccn1. The molecule has 2 aliphatic rings. The monoisotopic (exact) mass is 972 g/mol. The smallest absolute Gasteiger partial charge is 0.373 e. The normalized spacial score (nSPS) is 13.7. The Morgan fingerprint density at radius 3 is 1.71 bits per heavy atom. The summed E-state index contributed by atoms with van der Waals surface area (Å²) in [4.78, 5) is 63.9. The van der Waals surface area contributed by atoms with Gasteiger partial charge in [-0.2, -0.15) is 0 Å². The number of nitrogens with zero attached hydrogens (tertiary/aromatic N) is 11. The molecule has 3 N–H and O–H groups in total. The van der Waals surface area contributed by atoms with Crippen molar-refractivity contribution in [2.45, 2.75) is 91.4 Å². The van der Waals surface area contributed by atoms with Gasteiger partial charge < -0.3 is 25.2 Å². The van der Waals surface area contributed by atoms with Crippen LogP contribution in [0.2, 0.25) is 0 Å². The summed E-state index contributed by atoms with van der Waals surface area (Å²) >= 11 is 0. The van der Waals surface area contributed by atoms with Crippen molar-refractivity contribution in [3.05, 3.63) is 165 Å². The minimum atomic E-state index is -1.10. The highest BCUT2D eigenvalue weighted by molar-refractivity contribution is 5.90. The van der Waals surface area contributed by atoms with E-state index in [4.69, 9.17) is 9.84 Å². The Hall–Kier alpha value is -8.32. The van der Waals surface area contributed by atoms with Gasteiger partial charge in [-0.05, 0) is 127 Å². The number of fused-ring (bicyclic) bond motifs is 4. The highest BCUT2D eigenvalue weighted by atomic mass is 16.5. The van der Waals surface area contributed by atoms with Crippen LogP contribution in [0.4, 0.5) is 0 Å². The summed E-state index contributed by atoms with van der Waals surface area (Å²) < 4.78 is 8.73. The number of hydrogen-bond donors (Lipinski definition) is 3. The average Bonchev–Trinajstić information content (AvgIpc) is 4.05. The van der Waals surface area contributed by atoms with Crippen LogP contribution in [0.5, 0.6) is 0 Å². The molecule has 0 saturated heterocycles. The highest BCUT2D eigenvalue weighted by Gasteiger charge is 2.28. The lowest BCUT2D eigenvalue weighted by molar-refractivity contribution is -0.141. The topological polar surface area (TPSA) is 246 Å². The Bertz CT molecular complexity index is 3250. The number of methoxy groups -OCH3 is 1. The van der Waals surface area contributed by atoms with E-state index in [0.29, 0.717) is 26.1 Å². The van der Waals surface area contributed by atoms with E-state index in [9.17, 15) is 24.3 Å². The summed E-state index contributed by atoms with van der Waals surface area (Å²) in [5, 5.41) is 38.6. The second-order valence-electron chi connectivity index (χ2n) is 17.5. The van der Waals surface area contributed by atoms with Crippen molar-refractivity contribution in [2.24, 2.45) is 0 Å². The van der Waals surface area contributed by atoms with E-state index in [0.717, 1.165) is 93.5 Å². The van der Waals surface area contributed by atoms with Crippen LogP contribution in [0.25, 0.3) is 22.1 Å². The van der Waals surface area contributed by atoms with Gasteiger partial charge >= 0.3 is 17.9 Å². The molecule has 2 aliphatic heterocycles. The minimum Gasteiger partial charge on any atom is -0.481 e. The van der Waals surface area contributed by atoms with Crippen molar-refractivity contribution in [1.29, 1.82) is 0 Å². The first-order valence-electron chi connectivity index (χ1n) is 23.8. The molecular weight excluding hydrogens is 917 g/mol. The van der Waals surface area contributed by atoms with Gasteiger partial charge in [0, 0.05) is 69.3 Å². The number of aryl methyl sites for hydroxylation is 4. The fourth-order valence-electron chi connectivity index (χ4n) is 9.47. The van der Waals surface area contributed by atoms with Crippen molar-refractivity contribution in [3.8, 4) is 0 Å². The molecule has 19 heteroatoms. The van der Waals surface area contributed by atoms with Gasteiger partial charge in [0.05, 0.1) is 31.0 Å². The first kappa shape index (κ1) is 50.1. The number of carbonyl (C=O) groups is 4. The zero-order chi connectivity index (χ0) is 50.9. The predicted octanol–water partition coefficient (Wildman–Crippen LogP) is 6.63. The third-order valence-electron chi connectivity index (χ3n) is 13.3. The number of amides is 1. The van der Waals surface area contributed by atoms with Gasteiger partial charge in [0.15, 0.2) is 0 Å². The Morgan fingerprint density at radius 2 is 1.19 bits per heavy atom. The zero-order valence-corrected chi connectivity index (χ0v) is 40.8. The Balaban J connectivity index is 0.000000167. The van der Waals surface area contributed by atoms with Crippen molar-refractivity contribution >= 4 is 45.9 Å². The highest BCUT2D eigenvalue weighted by Crippen LogP contribution is 2.37. The van der Waals surface area contributed by atoms with Crippen molar-refractivity contribution < 1.29 is 34.1 Å². The number of nitrogens with one attached hydrogen (secondary N) is 1. The number of aromatic carboxylic acids is 1. The van der Waals surface area contributed by atoms with Crippen molar-refractivity contribution in [2.75, 3.05) is 20.2 Å². The fourth-order valence-corrected chi connectivity index (χ4v) is 9.47. The first-order valence-corrected chi connectivity index (χ1v) is 23.8. The summed E-state index contributed by atoms with van der Waals surface area (Å²) in [6, 6.07) is 24.1. The number of esters is 1. The van der Waals surface area contributed by atoms with Gasteiger partial charge in [0.2, 0.25) is 11.6 Å². The van der Waals surface area contributed by atoms with Crippen molar-refractivity contribution in [3.63, 3.8) is 0 Å². The maximum absolute atomic E-state index is 12.9. The van der Waals surface area contributed by atoms with E-state index in [2.05, 4.69) is 96.1 Å². The number of hydrogen-bond acceptors (Lipinski definition) is 14. The maximum Gasteiger partial charge on any atom is 0.373 e. The second kappa shape index (κ2) is 22.6. The molecule has 0 saturated carbocycles. The fraction of sp³-hybridized carbons (Fsp3) is 0.321. The summed E-state index contributed by atoms with van der Waals surface area (Å²) in [6.07, 6.45) is 7.92. The lowest BCUT2D eigenvalue weighted by Crippen LogP contribution is -2.37. The number of carboxylic acid groups (broad SMARTS) is 2. The van der Waals surface area contributed by atoms with Crippen molar-refractivity contribution in [1.82, 2.24) is 60.1 Å². The van der Waals surface area contributed by atoms with E-state index in [1.807, 2.05) is 47.5 Å². The molecule has 2 unspecified atom stereocenters. The molecule has 4 aromatic carbocycles. The Kier molecular flexibility index (Phi) is 15.7. The third-order valence-corrected chi connectivity index (χ3v) is 13.3. The number of carbonyl (C=O) groups excluding carboxylic acids is 2. The van der Waals surface area contributed by atoms with Crippen LogP contribution in [0, 0.1) is 13.8 Å². The summed E-state index contributed by atoms with van der Waals surface area (Å²) in [5.74, 6) is -2.80. The Morgan fingerprint density at radius 1 is 0.667 bits per heavy atom. The molecule has 72 heavy (non-hydrogen) atoms. The molecule has 0 radical (unpaired) electrons. The van der Waals surface area contributed by atoms with Crippen LogP contribution in [-0.2, 0) is 53.3 Å². The van der Waals surface area contributed by atoms with Gasteiger partial charge in [0.25, 0.3) is 5.91 Å². The van der Waals surface area contributed by atoms with Crippen LogP contribution in [0.15, 0.2) is 97.6 Å². The number of benzene rings is 4.